The highest BCUT2D eigenvalue weighted by Gasteiger charge is 2.29. The second kappa shape index (κ2) is 6.31. The number of hydrogen-bond donors (Lipinski definition) is 0. The summed E-state index contributed by atoms with van der Waals surface area (Å²) in [6, 6.07) is 7.34. The highest BCUT2D eigenvalue weighted by atomic mass is 19.4. The van der Waals surface area contributed by atoms with Crippen LogP contribution in [0.25, 0.3) is 11.6 Å². The number of nitriles is 1. The molecule has 23 heavy (non-hydrogen) atoms. The molecule has 0 N–H and O–H groups in total. The number of aromatic nitrogens is 2. The van der Waals surface area contributed by atoms with E-state index in [-0.39, 0.29) is 22.6 Å². The number of nitrogens with zero attached hydrogens (tertiary/aromatic N) is 4. The van der Waals surface area contributed by atoms with Gasteiger partial charge < -0.3 is 4.57 Å². The van der Waals surface area contributed by atoms with Gasteiger partial charge in [0.2, 0.25) is 0 Å². The van der Waals surface area contributed by atoms with E-state index in [1.54, 1.807) is 6.07 Å². The predicted octanol–water partition coefficient (Wildman–Crippen LogP) is 3.42. The molecule has 0 radical (unpaired) electrons. The highest BCUT2D eigenvalue weighted by molar-refractivity contribution is 5.89. The third kappa shape index (κ3) is 3.94. The van der Waals surface area contributed by atoms with Gasteiger partial charge in [-0.2, -0.15) is 18.4 Å². The Morgan fingerprint density at radius 3 is 2.74 bits per heavy atom. The normalized spacial score (nSPS) is 12.0. The lowest BCUT2D eigenvalue weighted by molar-refractivity contribution is -0.385. The van der Waals surface area contributed by atoms with Gasteiger partial charge in [-0.25, -0.2) is 4.98 Å². The van der Waals surface area contributed by atoms with E-state index in [0.29, 0.717) is 0 Å². The number of rotatable bonds is 4. The van der Waals surface area contributed by atoms with Crippen molar-refractivity contribution in [2.45, 2.75) is 12.7 Å². The van der Waals surface area contributed by atoms with Crippen molar-refractivity contribution in [3.63, 3.8) is 0 Å². The lowest BCUT2D eigenvalue weighted by atomic mass is 10.1. The van der Waals surface area contributed by atoms with E-state index in [4.69, 9.17) is 0 Å². The predicted molar refractivity (Wildman–Crippen MR) is 74.9 cm³/mol. The van der Waals surface area contributed by atoms with E-state index >= 15 is 0 Å². The zero-order chi connectivity index (χ0) is 17.0. The minimum atomic E-state index is -4.48. The van der Waals surface area contributed by atoms with Crippen molar-refractivity contribution in [1.29, 1.82) is 5.26 Å². The molecule has 0 aliphatic heterocycles. The van der Waals surface area contributed by atoms with Crippen LogP contribution < -0.4 is 0 Å². The summed E-state index contributed by atoms with van der Waals surface area (Å²) in [5.74, 6) is -0.206. The first kappa shape index (κ1) is 16.2. The third-order valence-electron chi connectivity index (χ3n) is 2.86. The number of nitro groups is 1. The molecule has 0 spiro atoms. The van der Waals surface area contributed by atoms with Crippen molar-refractivity contribution in [1.82, 2.24) is 9.55 Å². The molecule has 0 aliphatic rings. The maximum atomic E-state index is 12.5. The molecule has 1 heterocycles. The summed E-state index contributed by atoms with van der Waals surface area (Å²) in [6.07, 6.45) is -1.11. The first-order chi connectivity index (χ1) is 10.8. The highest BCUT2D eigenvalue weighted by Crippen LogP contribution is 2.25. The van der Waals surface area contributed by atoms with E-state index in [2.05, 4.69) is 4.98 Å². The molecule has 118 valence electrons. The molecule has 1 aromatic carbocycles. The lowest BCUT2D eigenvalue weighted by Crippen LogP contribution is -2.18. The lowest BCUT2D eigenvalue weighted by Gasteiger charge is -2.10. The number of alkyl halides is 3. The monoisotopic (exact) mass is 322 g/mol. The number of para-hydroxylation sites is 1. The smallest absolute Gasteiger partial charge is 0.321 e. The Kier molecular flexibility index (Phi) is 4.45. The summed E-state index contributed by atoms with van der Waals surface area (Å²) in [6.45, 7) is -1.31. The molecule has 0 amide bonds. The van der Waals surface area contributed by atoms with E-state index in [1.807, 2.05) is 0 Å². The van der Waals surface area contributed by atoms with E-state index in [1.165, 1.54) is 24.3 Å². The molecule has 0 bridgehead atoms. The van der Waals surface area contributed by atoms with Crippen LogP contribution in [0.3, 0.4) is 0 Å². The van der Waals surface area contributed by atoms with Gasteiger partial charge in [-0.05, 0) is 12.1 Å². The largest absolute Gasteiger partial charge is 0.406 e. The van der Waals surface area contributed by atoms with Gasteiger partial charge in [0, 0.05) is 18.5 Å². The van der Waals surface area contributed by atoms with Crippen molar-refractivity contribution in [2.24, 2.45) is 0 Å². The van der Waals surface area contributed by atoms with Gasteiger partial charge in [-0.1, -0.05) is 12.1 Å². The van der Waals surface area contributed by atoms with Crippen LogP contribution in [0.2, 0.25) is 0 Å². The van der Waals surface area contributed by atoms with Crippen molar-refractivity contribution >= 4 is 17.3 Å². The van der Waals surface area contributed by atoms with Crippen molar-refractivity contribution < 1.29 is 18.1 Å². The molecule has 6 nitrogen and oxygen atoms in total. The Morgan fingerprint density at radius 2 is 2.13 bits per heavy atom. The molecule has 0 aliphatic carbocycles. The van der Waals surface area contributed by atoms with Gasteiger partial charge in [0.15, 0.2) is 5.82 Å². The Morgan fingerprint density at radius 1 is 1.43 bits per heavy atom. The van der Waals surface area contributed by atoms with Crippen LogP contribution in [0.1, 0.15) is 11.4 Å². The number of hydrogen-bond acceptors (Lipinski definition) is 4. The summed E-state index contributed by atoms with van der Waals surface area (Å²) < 4.78 is 38.3. The SMILES string of the molecule is N#C/C(=C/c1ccccc1[N+](=O)[O-])c1nccn1CC(F)(F)F. The summed E-state index contributed by atoms with van der Waals surface area (Å²) in [4.78, 5) is 14.1. The number of allylic oxidation sites excluding steroid dienone is 1. The maximum Gasteiger partial charge on any atom is 0.406 e. The average Bonchev–Trinajstić information content (AvgIpc) is 2.90. The maximum absolute atomic E-state index is 12.5. The van der Waals surface area contributed by atoms with E-state index in [9.17, 15) is 28.5 Å². The second-order valence-electron chi connectivity index (χ2n) is 4.48. The molecule has 0 saturated heterocycles. The van der Waals surface area contributed by atoms with E-state index < -0.39 is 17.6 Å². The fraction of sp³-hybridized carbons (Fsp3) is 0.143. The molecular formula is C14H9F3N4O2. The summed E-state index contributed by atoms with van der Waals surface area (Å²) in [5, 5.41) is 20.1. The fourth-order valence-electron chi connectivity index (χ4n) is 1.95. The number of imidazole rings is 1. The molecule has 0 fully saturated rings. The van der Waals surface area contributed by atoms with Crippen molar-refractivity contribution in [2.75, 3.05) is 0 Å². The van der Waals surface area contributed by atoms with Crippen LogP contribution in [0.5, 0.6) is 0 Å². The summed E-state index contributed by atoms with van der Waals surface area (Å²) in [7, 11) is 0. The molecule has 9 heteroatoms. The van der Waals surface area contributed by atoms with Crippen LogP contribution in [0.4, 0.5) is 18.9 Å². The molecule has 0 unspecified atom stereocenters. The average molecular weight is 322 g/mol. The first-order valence-electron chi connectivity index (χ1n) is 6.25. The van der Waals surface area contributed by atoms with Crippen LogP contribution in [0, 0.1) is 21.4 Å². The summed E-state index contributed by atoms with van der Waals surface area (Å²) >= 11 is 0. The molecule has 2 aromatic rings. The standard InChI is InChI=1S/C14H9F3N4O2/c15-14(16,17)9-20-6-5-19-13(20)11(8-18)7-10-3-1-2-4-12(10)21(22)23/h1-7H,9H2/b11-7-. The number of halogens is 3. The van der Waals surface area contributed by atoms with Gasteiger partial charge in [-0.15, -0.1) is 0 Å². The Balaban J connectivity index is 2.49. The van der Waals surface area contributed by atoms with Crippen LogP contribution in [-0.4, -0.2) is 20.7 Å². The van der Waals surface area contributed by atoms with Crippen LogP contribution in [0.15, 0.2) is 36.7 Å². The van der Waals surface area contributed by atoms with Gasteiger partial charge in [-0.3, -0.25) is 10.1 Å². The van der Waals surface area contributed by atoms with Gasteiger partial charge >= 0.3 is 6.18 Å². The van der Waals surface area contributed by atoms with Crippen LogP contribution in [-0.2, 0) is 6.54 Å². The van der Waals surface area contributed by atoms with Gasteiger partial charge in [0.05, 0.1) is 16.1 Å². The molecule has 1 aromatic heterocycles. The zero-order valence-corrected chi connectivity index (χ0v) is 11.5. The first-order valence-corrected chi connectivity index (χ1v) is 6.25. The second-order valence-corrected chi connectivity index (χ2v) is 4.48. The van der Waals surface area contributed by atoms with Crippen molar-refractivity contribution in [3.05, 3.63) is 58.2 Å². The molecule has 0 saturated carbocycles. The fourth-order valence-corrected chi connectivity index (χ4v) is 1.95. The zero-order valence-electron chi connectivity index (χ0n) is 11.5. The topological polar surface area (TPSA) is 84.8 Å². The Bertz CT molecular complexity index is 803. The van der Waals surface area contributed by atoms with Gasteiger partial charge in [0.1, 0.15) is 12.6 Å². The van der Waals surface area contributed by atoms with Crippen molar-refractivity contribution in [3.8, 4) is 6.07 Å². The molecular weight excluding hydrogens is 313 g/mol. The summed E-state index contributed by atoms with van der Waals surface area (Å²) in [5.41, 5.74) is -0.349. The Labute approximate surface area is 128 Å². The third-order valence-corrected chi connectivity index (χ3v) is 2.86. The Hall–Kier alpha value is -3.15. The van der Waals surface area contributed by atoms with E-state index in [0.717, 1.165) is 23.0 Å². The molecule has 0 atom stereocenters. The minimum absolute atomic E-state index is 0.107. The van der Waals surface area contributed by atoms with Gasteiger partial charge in [0.25, 0.3) is 5.69 Å². The number of nitro benzene ring substituents is 1. The quantitative estimate of drug-likeness (QED) is 0.490. The molecule has 2 rings (SSSR count). The minimum Gasteiger partial charge on any atom is -0.321 e. The van der Waals surface area contributed by atoms with Crippen LogP contribution >= 0.6 is 0 Å². The number of benzene rings is 1.